The van der Waals surface area contributed by atoms with E-state index in [1.807, 2.05) is 12.1 Å². The Morgan fingerprint density at radius 3 is 2.42 bits per heavy atom. The first-order valence-corrected chi connectivity index (χ1v) is 9.59. The summed E-state index contributed by atoms with van der Waals surface area (Å²) in [6, 6.07) is 8.39. The Labute approximate surface area is 147 Å². The Balaban J connectivity index is 1.80. The Hall–Kier alpha value is -1.51. The highest BCUT2D eigenvalue weighted by atomic mass is 16.5. The molecule has 3 heteroatoms. The number of ether oxygens (including phenoxy) is 1. The molecule has 1 atom stereocenters. The van der Waals surface area contributed by atoms with E-state index in [1.54, 1.807) is 7.11 Å². The van der Waals surface area contributed by atoms with Crippen molar-refractivity contribution in [3.05, 3.63) is 29.8 Å². The number of unbranched alkanes of at least 4 members (excludes halogenated alkanes) is 1. The summed E-state index contributed by atoms with van der Waals surface area (Å²) < 4.78 is 5.22. The van der Waals surface area contributed by atoms with Crippen LogP contribution in [0.5, 0.6) is 5.75 Å². The number of likely N-dealkylation sites (tertiary alicyclic amines) is 1. The first-order valence-electron chi connectivity index (χ1n) is 9.59. The van der Waals surface area contributed by atoms with E-state index in [-0.39, 0.29) is 5.92 Å². The number of rotatable bonds is 8. The molecule has 0 aliphatic carbocycles. The van der Waals surface area contributed by atoms with Gasteiger partial charge in [-0.25, -0.2) is 0 Å². The summed E-state index contributed by atoms with van der Waals surface area (Å²) in [5, 5.41) is 0. The molecule has 134 valence electrons. The number of amides is 1. The number of carbonyl (C=O) groups is 1. The van der Waals surface area contributed by atoms with E-state index in [2.05, 4.69) is 30.9 Å². The van der Waals surface area contributed by atoms with E-state index in [0.29, 0.717) is 11.8 Å². The second-order valence-electron chi connectivity index (χ2n) is 7.07. The van der Waals surface area contributed by atoms with Crippen molar-refractivity contribution in [3.63, 3.8) is 0 Å². The molecular weight excluding hydrogens is 298 g/mol. The third-order valence-corrected chi connectivity index (χ3v) is 5.36. The molecule has 0 spiro atoms. The van der Waals surface area contributed by atoms with Crippen LogP contribution in [0, 0.1) is 11.8 Å². The second kappa shape index (κ2) is 9.71. The number of carbonyl (C=O) groups excluding carboxylic acids is 1. The van der Waals surface area contributed by atoms with Crippen LogP contribution in [-0.2, 0) is 11.2 Å². The van der Waals surface area contributed by atoms with Gasteiger partial charge in [0.1, 0.15) is 5.75 Å². The Kier molecular flexibility index (Phi) is 7.61. The van der Waals surface area contributed by atoms with E-state index in [1.165, 1.54) is 12.0 Å². The van der Waals surface area contributed by atoms with Gasteiger partial charge in [0.2, 0.25) is 5.91 Å². The first kappa shape index (κ1) is 18.8. The van der Waals surface area contributed by atoms with Crippen molar-refractivity contribution in [1.82, 2.24) is 4.90 Å². The minimum atomic E-state index is 0.239. The van der Waals surface area contributed by atoms with Gasteiger partial charge in [0, 0.05) is 19.0 Å². The van der Waals surface area contributed by atoms with Gasteiger partial charge in [-0.3, -0.25) is 4.79 Å². The smallest absolute Gasteiger partial charge is 0.225 e. The Bertz CT molecular complexity index is 489. The zero-order chi connectivity index (χ0) is 17.4. The standard InChI is InChI=1S/C21H33NO2/c1-4-6-7-19(5-2)21(23)22-14-12-18(13-15-22)16-17-8-10-20(24-3)11-9-17/h8-11,18-19H,4-7,12-16H2,1-3H3/t19-/m1/s1. The Morgan fingerprint density at radius 2 is 1.88 bits per heavy atom. The molecule has 1 fully saturated rings. The topological polar surface area (TPSA) is 29.5 Å². The summed E-state index contributed by atoms with van der Waals surface area (Å²) in [6.45, 7) is 6.21. The van der Waals surface area contributed by atoms with Gasteiger partial charge < -0.3 is 9.64 Å². The minimum absolute atomic E-state index is 0.239. The minimum Gasteiger partial charge on any atom is -0.497 e. The molecule has 1 amide bonds. The summed E-state index contributed by atoms with van der Waals surface area (Å²) in [5.74, 6) is 2.24. The summed E-state index contributed by atoms with van der Waals surface area (Å²) in [4.78, 5) is 14.8. The van der Waals surface area contributed by atoms with E-state index < -0.39 is 0 Å². The molecule has 0 bridgehead atoms. The van der Waals surface area contributed by atoms with Crippen LogP contribution in [-0.4, -0.2) is 31.0 Å². The van der Waals surface area contributed by atoms with Crippen LogP contribution in [0.2, 0.25) is 0 Å². The maximum atomic E-state index is 12.7. The monoisotopic (exact) mass is 331 g/mol. The van der Waals surface area contributed by atoms with Crippen LogP contribution < -0.4 is 4.74 Å². The summed E-state index contributed by atoms with van der Waals surface area (Å²) in [7, 11) is 1.70. The molecule has 2 rings (SSSR count). The number of methoxy groups -OCH3 is 1. The third-order valence-electron chi connectivity index (χ3n) is 5.36. The lowest BCUT2D eigenvalue weighted by molar-refractivity contribution is -0.137. The zero-order valence-corrected chi connectivity index (χ0v) is 15.6. The van der Waals surface area contributed by atoms with Crippen LogP contribution in [0.1, 0.15) is 57.9 Å². The van der Waals surface area contributed by atoms with E-state index >= 15 is 0 Å². The fourth-order valence-corrected chi connectivity index (χ4v) is 3.66. The molecule has 1 heterocycles. The molecule has 0 aromatic heterocycles. The van der Waals surface area contributed by atoms with Crippen molar-refractivity contribution in [3.8, 4) is 5.75 Å². The second-order valence-corrected chi connectivity index (χ2v) is 7.07. The van der Waals surface area contributed by atoms with Crippen LogP contribution in [0.4, 0.5) is 0 Å². The number of benzene rings is 1. The van der Waals surface area contributed by atoms with E-state index in [0.717, 1.165) is 57.4 Å². The van der Waals surface area contributed by atoms with Gasteiger partial charge in [-0.05, 0) is 55.7 Å². The van der Waals surface area contributed by atoms with Crippen LogP contribution >= 0.6 is 0 Å². The SMILES string of the molecule is CCCC[C@@H](CC)C(=O)N1CCC(Cc2ccc(OC)cc2)CC1. The molecule has 1 aromatic carbocycles. The first-order chi connectivity index (χ1) is 11.7. The van der Waals surface area contributed by atoms with Crippen LogP contribution in [0.3, 0.4) is 0 Å². The van der Waals surface area contributed by atoms with Gasteiger partial charge in [-0.1, -0.05) is 38.8 Å². The summed E-state index contributed by atoms with van der Waals surface area (Å²) >= 11 is 0. The highest BCUT2D eigenvalue weighted by Gasteiger charge is 2.27. The van der Waals surface area contributed by atoms with E-state index in [4.69, 9.17) is 4.74 Å². The average molecular weight is 332 g/mol. The largest absolute Gasteiger partial charge is 0.497 e. The molecule has 0 radical (unpaired) electrons. The highest BCUT2D eigenvalue weighted by Crippen LogP contribution is 2.25. The van der Waals surface area contributed by atoms with Gasteiger partial charge in [0.25, 0.3) is 0 Å². The normalized spacial score (nSPS) is 16.9. The predicted octanol–water partition coefficient (Wildman–Crippen LogP) is 4.69. The fourth-order valence-electron chi connectivity index (χ4n) is 3.66. The van der Waals surface area contributed by atoms with Crippen molar-refractivity contribution >= 4 is 5.91 Å². The maximum Gasteiger partial charge on any atom is 0.225 e. The molecule has 24 heavy (non-hydrogen) atoms. The molecule has 0 N–H and O–H groups in total. The number of hydrogen-bond donors (Lipinski definition) is 0. The quantitative estimate of drug-likeness (QED) is 0.691. The molecule has 1 saturated heterocycles. The van der Waals surface area contributed by atoms with Crippen molar-refractivity contribution in [2.24, 2.45) is 11.8 Å². The van der Waals surface area contributed by atoms with Crippen LogP contribution in [0.15, 0.2) is 24.3 Å². The number of hydrogen-bond acceptors (Lipinski definition) is 2. The van der Waals surface area contributed by atoms with Gasteiger partial charge in [0.15, 0.2) is 0 Å². The molecule has 1 aromatic rings. The molecule has 0 saturated carbocycles. The van der Waals surface area contributed by atoms with Gasteiger partial charge in [0.05, 0.1) is 7.11 Å². The van der Waals surface area contributed by atoms with Gasteiger partial charge in [-0.15, -0.1) is 0 Å². The van der Waals surface area contributed by atoms with Crippen molar-refractivity contribution in [2.45, 2.75) is 58.8 Å². The Morgan fingerprint density at radius 1 is 1.21 bits per heavy atom. The van der Waals surface area contributed by atoms with Crippen molar-refractivity contribution in [1.29, 1.82) is 0 Å². The lowest BCUT2D eigenvalue weighted by Crippen LogP contribution is -2.42. The average Bonchev–Trinajstić information content (AvgIpc) is 2.63. The van der Waals surface area contributed by atoms with E-state index in [9.17, 15) is 4.79 Å². The maximum absolute atomic E-state index is 12.7. The predicted molar refractivity (Wildman–Crippen MR) is 99.3 cm³/mol. The van der Waals surface area contributed by atoms with Gasteiger partial charge in [-0.2, -0.15) is 0 Å². The van der Waals surface area contributed by atoms with Gasteiger partial charge >= 0.3 is 0 Å². The molecular formula is C21H33NO2. The number of piperidine rings is 1. The summed E-state index contributed by atoms with van der Waals surface area (Å²) in [6.07, 6.45) is 7.73. The van der Waals surface area contributed by atoms with Crippen molar-refractivity contribution < 1.29 is 9.53 Å². The lowest BCUT2D eigenvalue weighted by atomic mass is 9.89. The molecule has 3 nitrogen and oxygen atoms in total. The lowest BCUT2D eigenvalue weighted by Gasteiger charge is -2.34. The zero-order valence-electron chi connectivity index (χ0n) is 15.6. The highest BCUT2D eigenvalue weighted by molar-refractivity contribution is 5.78. The molecule has 0 unspecified atom stereocenters. The summed E-state index contributed by atoms with van der Waals surface area (Å²) in [5.41, 5.74) is 1.37. The van der Waals surface area contributed by atoms with Crippen molar-refractivity contribution in [2.75, 3.05) is 20.2 Å². The molecule has 1 aliphatic rings. The third kappa shape index (κ3) is 5.25. The molecule has 1 aliphatic heterocycles. The fraction of sp³-hybridized carbons (Fsp3) is 0.667. The number of nitrogens with zero attached hydrogens (tertiary/aromatic N) is 1. The van der Waals surface area contributed by atoms with Crippen LogP contribution in [0.25, 0.3) is 0 Å².